The number of nitrogens with one attached hydrogen (secondary N) is 1. The molecule has 0 aliphatic carbocycles. The van der Waals surface area contributed by atoms with Gasteiger partial charge in [-0.05, 0) is 86.6 Å². The van der Waals surface area contributed by atoms with Crippen molar-refractivity contribution < 1.29 is 27.1 Å². The van der Waals surface area contributed by atoms with E-state index >= 15 is 0 Å². The molecule has 1 fully saturated rings. The smallest absolute Gasteiger partial charge is 0.258 e. The van der Waals surface area contributed by atoms with E-state index in [-0.39, 0.29) is 23.4 Å². The van der Waals surface area contributed by atoms with Crippen molar-refractivity contribution in [3.05, 3.63) is 89.7 Å². The first kappa shape index (κ1) is 28.3. The van der Waals surface area contributed by atoms with Gasteiger partial charge in [0.25, 0.3) is 5.91 Å². The summed E-state index contributed by atoms with van der Waals surface area (Å²) in [6.07, 6.45) is 2.44. The number of hydrogen-bond acceptors (Lipinski definition) is 6. The molecule has 1 heterocycles. The molecule has 39 heavy (non-hydrogen) atoms. The number of carbonyl (C=O) groups excluding carboxylic acids is 2. The van der Waals surface area contributed by atoms with E-state index in [0.717, 1.165) is 6.26 Å². The monoisotopic (exact) mass is 553 g/mol. The molecule has 3 aromatic rings. The van der Waals surface area contributed by atoms with Crippen LogP contribution in [0, 0.1) is 11.7 Å². The van der Waals surface area contributed by atoms with Crippen molar-refractivity contribution in [2.75, 3.05) is 49.2 Å². The average Bonchev–Trinajstić information content (AvgIpc) is 2.93. The van der Waals surface area contributed by atoms with Crippen molar-refractivity contribution in [2.45, 2.75) is 12.8 Å². The molecule has 0 radical (unpaired) electrons. The molecule has 1 aliphatic heterocycles. The Balaban J connectivity index is 1.44. The number of rotatable bonds is 10. The number of ketones is 1. The normalized spacial score (nSPS) is 14.5. The molecule has 1 N–H and O–H groups in total. The zero-order valence-electron chi connectivity index (χ0n) is 22.0. The first-order chi connectivity index (χ1) is 18.6. The summed E-state index contributed by atoms with van der Waals surface area (Å²) >= 11 is 0. The van der Waals surface area contributed by atoms with Crippen LogP contribution in [0.3, 0.4) is 0 Å². The number of methoxy groups -OCH3 is 1. The Bertz CT molecular complexity index is 1400. The molecule has 8 nitrogen and oxygen atoms in total. The Labute approximate surface area is 228 Å². The van der Waals surface area contributed by atoms with E-state index < -0.39 is 10.0 Å². The van der Waals surface area contributed by atoms with Gasteiger partial charge in [0.1, 0.15) is 11.6 Å². The van der Waals surface area contributed by atoms with Crippen LogP contribution in [0.15, 0.2) is 72.8 Å². The summed E-state index contributed by atoms with van der Waals surface area (Å²) in [4.78, 5) is 30.4. The molecule has 0 saturated carbocycles. The Morgan fingerprint density at radius 1 is 0.974 bits per heavy atom. The Morgan fingerprint density at radius 2 is 1.59 bits per heavy atom. The van der Waals surface area contributed by atoms with Crippen LogP contribution in [0.5, 0.6) is 5.75 Å². The molecular weight excluding hydrogens is 521 g/mol. The summed E-state index contributed by atoms with van der Waals surface area (Å²) in [5.74, 6) is -0.124. The van der Waals surface area contributed by atoms with Crippen molar-refractivity contribution >= 4 is 33.1 Å². The summed E-state index contributed by atoms with van der Waals surface area (Å²) in [7, 11) is -1.88. The number of hydrogen-bond donors (Lipinski definition) is 1. The molecule has 1 amide bonds. The van der Waals surface area contributed by atoms with E-state index in [0.29, 0.717) is 67.3 Å². The van der Waals surface area contributed by atoms with Crippen LogP contribution in [0.4, 0.5) is 15.8 Å². The number of Topliss-reactive ketones (excluding diaryl/α,β-unsaturated/α-hetero) is 1. The third-order valence-electron chi connectivity index (χ3n) is 6.78. The number of para-hydroxylation sites is 2. The third kappa shape index (κ3) is 7.42. The molecule has 4 rings (SSSR count). The summed E-state index contributed by atoms with van der Waals surface area (Å²) in [6, 6.07) is 19.2. The number of anilines is 2. The Hall–Kier alpha value is -3.76. The molecule has 10 heteroatoms. The standard InChI is InChI=1S/C29H32FN3O5S/c1-38-27-6-4-3-5-26(27)33(29(35)23-9-13-25(14-10-23)31-39(2,36)37)20-19-32-17-15-22(16-18-32)28(34)21-7-11-24(30)12-8-21/h3-14,22,31H,15-20H2,1-2H3. The van der Waals surface area contributed by atoms with Crippen molar-refractivity contribution in [3.8, 4) is 5.75 Å². The highest BCUT2D eigenvalue weighted by Gasteiger charge is 2.27. The second-order valence-corrected chi connectivity index (χ2v) is 11.3. The maximum atomic E-state index is 13.6. The topological polar surface area (TPSA) is 96.0 Å². The minimum Gasteiger partial charge on any atom is -0.495 e. The molecule has 206 valence electrons. The highest BCUT2D eigenvalue weighted by Crippen LogP contribution is 2.30. The molecule has 0 spiro atoms. The number of halogens is 1. The molecule has 0 atom stereocenters. The van der Waals surface area contributed by atoms with Crippen molar-refractivity contribution in [1.29, 1.82) is 0 Å². The van der Waals surface area contributed by atoms with Gasteiger partial charge >= 0.3 is 0 Å². The van der Waals surface area contributed by atoms with Gasteiger partial charge in [0.15, 0.2) is 5.78 Å². The minimum absolute atomic E-state index is 0.0364. The SMILES string of the molecule is COc1ccccc1N(CCN1CCC(C(=O)c2ccc(F)cc2)CC1)C(=O)c1ccc(NS(C)(=O)=O)cc1. The summed E-state index contributed by atoms with van der Waals surface area (Å²) in [6.45, 7) is 2.39. The van der Waals surface area contributed by atoms with Crippen LogP contribution in [-0.2, 0) is 10.0 Å². The zero-order chi connectivity index (χ0) is 28.0. The first-order valence-electron chi connectivity index (χ1n) is 12.7. The van der Waals surface area contributed by atoms with E-state index in [1.807, 2.05) is 18.2 Å². The van der Waals surface area contributed by atoms with Crippen molar-refractivity contribution in [3.63, 3.8) is 0 Å². The van der Waals surface area contributed by atoms with Gasteiger partial charge in [-0.25, -0.2) is 12.8 Å². The molecule has 0 unspecified atom stereocenters. The van der Waals surface area contributed by atoms with Crippen LogP contribution >= 0.6 is 0 Å². The van der Waals surface area contributed by atoms with E-state index in [2.05, 4.69) is 9.62 Å². The molecule has 3 aromatic carbocycles. The highest BCUT2D eigenvalue weighted by molar-refractivity contribution is 7.92. The first-order valence-corrected chi connectivity index (χ1v) is 14.6. The van der Waals surface area contributed by atoms with E-state index in [1.165, 1.54) is 24.3 Å². The van der Waals surface area contributed by atoms with Gasteiger partial charge in [0.05, 0.1) is 19.1 Å². The van der Waals surface area contributed by atoms with Crippen LogP contribution < -0.4 is 14.4 Å². The van der Waals surface area contributed by atoms with Gasteiger partial charge in [-0.2, -0.15) is 0 Å². The second kappa shape index (κ2) is 12.4. The molecular formula is C29H32FN3O5S. The molecule has 0 bridgehead atoms. The van der Waals surface area contributed by atoms with E-state index in [4.69, 9.17) is 4.74 Å². The fourth-order valence-electron chi connectivity index (χ4n) is 4.74. The lowest BCUT2D eigenvalue weighted by Crippen LogP contribution is -2.43. The van der Waals surface area contributed by atoms with Crippen LogP contribution in [0.2, 0.25) is 0 Å². The second-order valence-electron chi connectivity index (χ2n) is 9.57. The fraction of sp³-hybridized carbons (Fsp3) is 0.310. The van der Waals surface area contributed by atoms with Crippen molar-refractivity contribution in [2.24, 2.45) is 5.92 Å². The van der Waals surface area contributed by atoms with Gasteiger partial charge in [0.2, 0.25) is 10.0 Å². The number of sulfonamides is 1. The van der Waals surface area contributed by atoms with Crippen LogP contribution in [0.1, 0.15) is 33.6 Å². The van der Waals surface area contributed by atoms with E-state index in [1.54, 1.807) is 42.3 Å². The van der Waals surface area contributed by atoms with Gasteiger partial charge in [-0.1, -0.05) is 12.1 Å². The van der Waals surface area contributed by atoms with Gasteiger partial charge < -0.3 is 14.5 Å². The number of benzene rings is 3. The number of amides is 1. The predicted molar refractivity (Wildman–Crippen MR) is 149 cm³/mol. The maximum Gasteiger partial charge on any atom is 0.258 e. The maximum absolute atomic E-state index is 13.6. The number of nitrogens with zero attached hydrogens (tertiary/aromatic N) is 2. The molecule has 1 saturated heterocycles. The van der Waals surface area contributed by atoms with Crippen LogP contribution in [-0.4, -0.2) is 64.6 Å². The van der Waals surface area contributed by atoms with Crippen molar-refractivity contribution in [1.82, 2.24) is 4.90 Å². The lowest BCUT2D eigenvalue weighted by Gasteiger charge is -2.33. The van der Waals surface area contributed by atoms with Gasteiger partial charge in [-0.15, -0.1) is 0 Å². The van der Waals surface area contributed by atoms with Gasteiger partial charge in [0, 0.05) is 35.8 Å². The number of piperidine rings is 1. The zero-order valence-corrected chi connectivity index (χ0v) is 22.8. The fourth-order valence-corrected chi connectivity index (χ4v) is 5.31. The quantitative estimate of drug-likeness (QED) is 0.373. The summed E-state index contributed by atoms with van der Waals surface area (Å²) in [5, 5.41) is 0. The predicted octanol–water partition coefficient (Wildman–Crippen LogP) is 4.45. The number of carbonyl (C=O) groups is 2. The van der Waals surface area contributed by atoms with Crippen LogP contribution in [0.25, 0.3) is 0 Å². The Morgan fingerprint density at radius 3 is 2.21 bits per heavy atom. The minimum atomic E-state index is -3.43. The summed E-state index contributed by atoms with van der Waals surface area (Å²) in [5.41, 5.74) is 1.93. The largest absolute Gasteiger partial charge is 0.495 e. The number of ether oxygens (including phenoxy) is 1. The number of likely N-dealkylation sites (tertiary alicyclic amines) is 1. The third-order valence-corrected chi connectivity index (χ3v) is 7.39. The highest BCUT2D eigenvalue weighted by atomic mass is 32.2. The molecule has 0 aromatic heterocycles. The molecule has 1 aliphatic rings. The lowest BCUT2D eigenvalue weighted by molar-refractivity contribution is 0.0841. The van der Waals surface area contributed by atoms with Gasteiger partial charge in [-0.3, -0.25) is 14.3 Å². The lowest BCUT2D eigenvalue weighted by atomic mass is 9.89. The average molecular weight is 554 g/mol. The Kier molecular flexibility index (Phi) is 8.98. The summed E-state index contributed by atoms with van der Waals surface area (Å²) < 4.78 is 44.2. The van der Waals surface area contributed by atoms with E-state index in [9.17, 15) is 22.4 Å².